The van der Waals surface area contributed by atoms with E-state index in [0.29, 0.717) is 17.5 Å². The van der Waals surface area contributed by atoms with Crippen LogP contribution in [-0.4, -0.2) is 15.7 Å². The first kappa shape index (κ1) is 11.6. The van der Waals surface area contributed by atoms with E-state index in [-0.39, 0.29) is 5.82 Å². The molecule has 94 valence electrons. The van der Waals surface area contributed by atoms with Gasteiger partial charge in [-0.05, 0) is 23.8 Å². The van der Waals surface area contributed by atoms with E-state index in [1.165, 1.54) is 6.07 Å². The Morgan fingerprint density at radius 1 is 1.26 bits per heavy atom. The van der Waals surface area contributed by atoms with Crippen LogP contribution in [0.2, 0.25) is 0 Å². The van der Waals surface area contributed by atoms with Gasteiger partial charge in [-0.15, -0.1) is 0 Å². The highest BCUT2D eigenvalue weighted by Gasteiger charge is 2.08. The van der Waals surface area contributed by atoms with Crippen molar-refractivity contribution in [2.45, 2.75) is 6.42 Å². The van der Waals surface area contributed by atoms with E-state index in [1.54, 1.807) is 42.7 Å². The number of benzene rings is 1. The predicted octanol–water partition coefficient (Wildman–Crippen LogP) is 2.88. The first-order valence-corrected chi connectivity index (χ1v) is 5.92. The van der Waals surface area contributed by atoms with Crippen LogP contribution in [0.4, 0.5) is 4.39 Å². The van der Waals surface area contributed by atoms with E-state index in [4.69, 9.17) is 0 Å². The summed E-state index contributed by atoms with van der Waals surface area (Å²) in [7, 11) is 0. The van der Waals surface area contributed by atoms with Crippen molar-refractivity contribution >= 4 is 11.8 Å². The van der Waals surface area contributed by atoms with Crippen LogP contribution in [0.3, 0.4) is 0 Å². The summed E-state index contributed by atoms with van der Waals surface area (Å²) < 4.78 is 15.5. The summed E-state index contributed by atoms with van der Waals surface area (Å²) in [6.45, 7) is 0. The molecule has 0 spiro atoms. The molecule has 0 fully saturated rings. The van der Waals surface area contributed by atoms with E-state index in [9.17, 15) is 9.18 Å². The molecule has 0 saturated heterocycles. The normalized spacial score (nSPS) is 10.8. The van der Waals surface area contributed by atoms with Crippen LogP contribution in [0, 0.1) is 5.82 Å². The zero-order valence-electron chi connectivity index (χ0n) is 10.1. The Kier molecular flexibility index (Phi) is 2.83. The van der Waals surface area contributed by atoms with Gasteiger partial charge < -0.3 is 4.40 Å². The molecule has 4 heteroatoms. The number of halogens is 1. The maximum absolute atomic E-state index is 13.6. The maximum atomic E-state index is 13.6. The van der Waals surface area contributed by atoms with Gasteiger partial charge >= 0.3 is 0 Å². The second kappa shape index (κ2) is 4.65. The zero-order valence-corrected chi connectivity index (χ0v) is 10.1. The lowest BCUT2D eigenvalue weighted by molar-refractivity contribution is 0.112. The lowest BCUT2D eigenvalue weighted by atomic mass is 10.1. The number of imidazole rings is 1. The second-order valence-electron chi connectivity index (χ2n) is 4.32. The summed E-state index contributed by atoms with van der Waals surface area (Å²) >= 11 is 0. The van der Waals surface area contributed by atoms with Crippen LogP contribution in [0.15, 0.2) is 48.8 Å². The Labute approximate surface area is 109 Å². The van der Waals surface area contributed by atoms with Crippen LogP contribution in [0.5, 0.6) is 0 Å². The molecule has 0 unspecified atom stereocenters. The lowest BCUT2D eigenvalue weighted by Gasteiger charge is -2.03. The fraction of sp³-hybridized carbons (Fsp3) is 0.0667. The summed E-state index contributed by atoms with van der Waals surface area (Å²) in [4.78, 5) is 15.0. The van der Waals surface area contributed by atoms with Gasteiger partial charge in [-0.3, -0.25) is 4.79 Å². The molecule has 2 aromatic heterocycles. The number of aromatic nitrogens is 2. The van der Waals surface area contributed by atoms with Crippen molar-refractivity contribution in [1.82, 2.24) is 9.38 Å². The van der Waals surface area contributed by atoms with E-state index < -0.39 is 0 Å². The fourth-order valence-electron chi connectivity index (χ4n) is 2.09. The number of carbonyl (C=O) groups excluding carboxylic acids is 1. The molecule has 3 nitrogen and oxygen atoms in total. The average Bonchev–Trinajstić information content (AvgIpc) is 2.83. The average molecular weight is 254 g/mol. The topological polar surface area (TPSA) is 34.4 Å². The van der Waals surface area contributed by atoms with Gasteiger partial charge in [0.15, 0.2) is 0 Å². The molecule has 19 heavy (non-hydrogen) atoms. The lowest BCUT2D eigenvalue weighted by Crippen LogP contribution is -1.98. The first-order chi connectivity index (χ1) is 9.28. The summed E-state index contributed by atoms with van der Waals surface area (Å²) in [5.41, 5.74) is 2.04. The van der Waals surface area contributed by atoms with E-state index in [0.717, 1.165) is 17.6 Å². The number of carbonyl (C=O) groups is 1. The smallest absolute Gasteiger partial charge is 0.150 e. The molecule has 3 rings (SSSR count). The first-order valence-electron chi connectivity index (χ1n) is 5.92. The minimum Gasteiger partial charge on any atom is -0.303 e. The third-order valence-electron chi connectivity index (χ3n) is 3.08. The van der Waals surface area contributed by atoms with E-state index in [2.05, 4.69) is 4.98 Å². The molecule has 0 aliphatic carbocycles. The highest BCUT2D eigenvalue weighted by Crippen LogP contribution is 2.15. The van der Waals surface area contributed by atoms with Gasteiger partial charge in [-0.1, -0.05) is 18.2 Å². The van der Waals surface area contributed by atoms with Crippen molar-refractivity contribution in [2.24, 2.45) is 0 Å². The van der Waals surface area contributed by atoms with E-state index >= 15 is 0 Å². The number of hydrogen-bond donors (Lipinski definition) is 0. The Morgan fingerprint density at radius 3 is 2.89 bits per heavy atom. The van der Waals surface area contributed by atoms with Crippen molar-refractivity contribution in [3.8, 4) is 0 Å². The van der Waals surface area contributed by atoms with Crippen molar-refractivity contribution in [3.05, 3.63) is 71.6 Å². The zero-order chi connectivity index (χ0) is 13.2. The van der Waals surface area contributed by atoms with Gasteiger partial charge in [-0.25, -0.2) is 9.37 Å². The van der Waals surface area contributed by atoms with Gasteiger partial charge in [0.1, 0.15) is 17.9 Å². The molecule has 0 aliphatic heterocycles. The van der Waals surface area contributed by atoms with Gasteiger partial charge in [0.2, 0.25) is 0 Å². The van der Waals surface area contributed by atoms with Crippen molar-refractivity contribution < 1.29 is 9.18 Å². The van der Waals surface area contributed by atoms with Crippen molar-refractivity contribution in [2.75, 3.05) is 0 Å². The Morgan fingerprint density at radius 2 is 2.11 bits per heavy atom. The molecule has 0 saturated carbocycles. The minimum absolute atomic E-state index is 0.233. The monoisotopic (exact) mass is 254 g/mol. The highest BCUT2D eigenvalue weighted by atomic mass is 19.1. The Balaban J connectivity index is 2.02. The molecule has 0 radical (unpaired) electrons. The van der Waals surface area contributed by atoms with Crippen molar-refractivity contribution in [3.63, 3.8) is 0 Å². The quantitative estimate of drug-likeness (QED) is 0.673. The number of fused-ring (bicyclic) bond motifs is 1. The molecule has 0 N–H and O–H groups in total. The van der Waals surface area contributed by atoms with Gasteiger partial charge in [-0.2, -0.15) is 0 Å². The molecule has 0 aliphatic rings. The third kappa shape index (κ3) is 2.12. The molecule has 3 aromatic rings. The highest BCUT2D eigenvalue weighted by molar-refractivity contribution is 5.77. The standard InChI is InChI=1S/C15H11FN2O/c16-14-4-2-1-3-12(14)8-15-17-9-13-7-11(10-19)5-6-18(13)15/h1-7,9-10H,8H2. The maximum Gasteiger partial charge on any atom is 0.150 e. The number of pyridine rings is 1. The summed E-state index contributed by atoms with van der Waals surface area (Å²) in [6.07, 6.45) is 4.68. The largest absolute Gasteiger partial charge is 0.303 e. The van der Waals surface area contributed by atoms with Crippen LogP contribution < -0.4 is 0 Å². The SMILES string of the molecule is O=Cc1ccn2c(Cc3ccccc3F)ncc2c1. The molecule has 0 amide bonds. The van der Waals surface area contributed by atoms with Gasteiger partial charge in [0.05, 0.1) is 11.7 Å². The summed E-state index contributed by atoms with van der Waals surface area (Å²) in [5.74, 6) is 0.515. The number of hydrogen-bond acceptors (Lipinski definition) is 2. The Hall–Kier alpha value is -2.49. The molecule has 0 atom stereocenters. The number of nitrogens with zero attached hydrogens (tertiary/aromatic N) is 2. The van der Waals surface area contributed by atoms with E-state index in [1.807, 2.05) is 4.40 Å². The number of rotatable bonds is 3. The summed E-state index contributed by atoms with van der Waals surface area (Å²) in [6, 6.07) is 10.1. The molecule has 0 bridgehead atoms. The van der Waals surface area contributed by atoms with Crippen LogP contribution >= 0.6 is 0 Å². The molecular weight excluding hydrogens is 243 g/mol. The number of aldehydes is 1. The van der Waals surface area contributed by atoms with Gasteiger partial charge in [0.25, 0.3) is 0 Å². The molecule has 1 aromatic carbocycles. The molecular formula is C15H11FN2O. The minimum atomic E-state index is -0.233. The predicted molar refractivity (Wildman–Crippen MR) is 69.8 cm³/mol. The fourth-order valence-corrected chi connectivity index (χ4v) is 2.09. The van der Waals surface area contributed by atoms with Crippen LogP contribution in [-0.2, 0) is 6.42 Å². The van der Waals surface area contributed by atoms with Crippen molar-refractivity contribution in [1.29, 1.82) is 0 Å². The Bertz CT molecular complexity index is 749. The second-order valence-corrected chi connectivity index (χ2v) is 4.32. The van der Waals surface area contributed by atoms with Crippen LogP contribution in [0.1, 0.15) is 21.7 Å². The van der Waals surface area contributed by atoms with Crippen LogP contribution in [0.25, 0.3) is 5.52 Å². The van der Waals surface area contributed by atoms with Gasteiger partial charge in [0, 0.05) is 18.2 Å². The third-order valence-corrected chi connectivity index (χ3v) is 3.08. The summed E-state index contributed by atoms with van der Waals surface area (Å²) in [5, 5.41) is 0. The molecule has 2 heterocycles.